The van der Waals surface area contributed by atoms with Crippen molar-refractivity contribution < 1.29 is 9.47 Å². The van der Waals surface area contributed by atoms with Gasteiger partial charge in [0.25, 0.3) is 0 Å². The number of piperidine rings is 1. The van der Waals surface area contributed by atoms with Crippen LogP contribution in [0.5, 0.6) is 11.5 Å². The van der Waals surface area contributed by atoms with Gasteiger partial charge < -0.3 is 14.4 Å². The Morgan fingerprint density at radius 1 is 1.26 bits per heavy atom. The number of thiophene rings is 1. The van der Waals surface area contributed by atoms with E-state index in [1.165, 1.54) is 16.2 Å². The van der Waals surface area contributed by atoms with E-state index in [-0.39, 0.29) is 11.8 Å². The highest BCUT2D eigenvalue weighted by Gasteiger charge is 2.52. The van der Waals surface area contributed by atoms with Crippen LogP contribution in [0.1, 0.15) is 42.7 Å². The molecule has 0 aliphatic carbocycles. The number of methoxy groups -OCH3 is 1. The number of fused-ring (bicyclic) bond motifs is 4. The number of hydrogen-bond acceptors (Lipinski definition) is 6. The minimum Gasteiger partial charge on any atom is -0.493 e. The maximum atomic E-state index is 6.73. The molecule has 0 saturated carbocycles. The molecule has 0 bridgehead atoms. The molecule has 3 aliphatic rings. The zero-order valence-corrected chi connectivity index (χ0v) is 16.7. The molecule has 1 saturated heterocycles. The van der Waals surface area contributed by atoms with Gasteiger partial charge in [-0.2, -0.15) is 5.10 Å². The molecule has 1 atom stereocenters. The Hall–Kier alpha value is -2.05. The minimum atomic E-state index is -0.378. The predicted octanol–water partition coefficient (Wildman–Crippen LogP) is 4.11. The Labute approximate surface area is 164 Å². The summed E-state index contributed by atoms with van der Waals surface area (Å²) in [5.41, 5.74) is 1.98. The molecule has 6 heteroatoms. The summed E-state index contributed by atoms with van der Waals surface area (Å²) in [4.78, 5) is 3.75. The molecule has 1 fully saturated rings. The Morgan fingerprint density at radius 3 is 2.81 bits per heavy atom. The van der Waals surface area contributed by atoms with Crippen molar-refractivity contribution in [2.75, 3.05) is 26.7 Å². The van der Waals surface area contributed by atoms with Crippen LogP contribution in [0.15, 0.2) is 40.8 Å². The summed E-state index contributed by atoms with van der Waals surface area (Å²) >= 11 is 1.76. The van der Waals surface area contributed by atoms with E-state index in [1.807, 2.05) is 6.07 Å². The number of rotatable bonds is 3. The summed E-state index contributed by atoms with van der Waals surface area (Å²) in [5, 5.41) is 9.51. The fourth-order valence-corrected chi connectivity index (χ4v) is 5.29. The van der Waals surface area contributed by atoms with Gasteiger partial charge in [0.1, 0.15) is 0 Å². The minimum absolute atomic E-state index is 0.217. The van der Waals surface area contributed by atoms with Gasteiger partial charge in [-0.25, -0.2) is 5.01 Å². The molecule has 5 rings (SSSR count). The first kappa shape index (κ1) is 17.1. The van der Waals surface area contributed by atoms with E-state index in [0.29, 0.717) is 0 Å². The standard InChI is InChI=1S/C21H25N3O2S/c1-3-23-11-9-21(10-12-23)24-17(14-16(22-24)19-8-5-13-27-19)15-6-4-7-18(25-2)20(15)26-21/h4-8,13,17H,3,9-12,14H2,1-2H3/t17-/m0/s1. The molecule has 2 aromatic rings. The van der Waals surface area contributed by atoms with Crippen LogP contribution in [0.3, 0.4) is 0 Å². The van der Waals surface area contributed by atoms with Gasteiger partial charge in [0, 0.05) is 37.9 Å². The van der Waals surface area contributed by atoms with Crippen LogP contribution in [-0.4, -0.2) is 48.1 Å². The Bertz CT molecular complexity index is 856. The van der Waals surface area contributed by atoms with E-state index in [2.05, 4.69) is 46.5 Å². The van der Waals surface area contributed by atoms with E-state index in [4.69, 9.17) is 14.6 Å². The van der Waals surface area contributed by atoms with Gasteiger partial charge in [-0.1, -0.05) is 25.1 Å². The summed E-state index contributed by atoms with van der Waals surface area (Å²) in [6.07, 6.45) is 2.83. The van der Waals surface area contributed by atoms with Gasteiger partial charge >= 0.3 is 0 Å². The highest BCUT2D eigenvalue weighted by Crippen LogP contribution is 2.52. The van der Waals surface area contributed by atoms with Crippen molar-refractivity contribution in [3.63, 3.8) is 0 Å². The monoisotopic (exact) mass is 383 g/mol. The third-order valence-electron chi connectivity index (χ3n) is 6.10. The maximum Gasteiger partial charge on any atom is 0.200 e. The molecule has 27 heavy (non-hydrogen) atoms. The van der Waals surface area contributed by atoms with E-state index in [0.717, 1.165) is 50.4 Å². The number of ether oxygens (including phenoxy) is 2. The molecule has 1 aromatic carbocycles. The second kappa shape index (κ2) is 6.53. The lowest BCUT2D eigenvalue weighted by atomic mass is 9.91. The quantitative estimate of drug-likeness (QED) is 0.799. The second-order valence-electron chi connectivity index (χ2n) is 7.45. The molecular formula is C21H25N3O2S. The van der Waals surface area contributed by atoms with Crippen molar-refractivity contribution in [1.82, 2.24) is 9.91 Å². The summed E-state index contributed by atoms with van der Waals surface area (Å²) in [6.45, 7) is 5.38. The summed E-state index contributed by atoms with van der Waals surface area (Å²) in [7, 11) is 1.72. The van der Waals surface area contributed by atoms with Gasteiger partial charge in [-0.3, -0.25) is 0 Å². The predicted molar refractivity (Wildman–Crippen MR) is 108 cm³/mol. The molecular weight excluding hydrogens is 358 g/mol. The number of hydrazone groups is 1. The normalized spacial score (nSPS) is 23.6. The molecule has 1 aromatic heterocycles. The van der Waals surface area contributed by atoms with Crippen molar-refractivity contribution in [1.29, 1.82) is 0 Å². The van der Waals surface area contributed by atoms with Crippen LogP contribution < -0.4 is 9.47 Å². The lowest BCUT2D eigenvalue weighted by Gasteiger charge is -2.51. The van der Waals surface area contributed by atoms with Crippen molar-refractivity contribution in [2.24, 2.45) is 5.10 Å². The number of nitrogens with zero attached hydrogens (tertiary/aromatic N) is 3. The second-order valence-corrected chi connectivity index (χ2v) is 8.40. The van der Waals surface area contributed by atoms with Crippen LogP contribution in [0.25, 0.3) is 0 Å². The molecule has 0 radical (unpaired) electrons. The summed E-state index contributed by atoms with van der Waals surface area (Å²) in [5.74, 6) is 1.74. The van der Waals surface area contributed by atoms with Gasteiger partial charge in [0.15, 0.2) is 11.5 Å². The van der Waals surface area contributed by atoms with Crippen LogP contribution >= 0.6 is 11.3 Å². The Kier molecular flexibility index (Phi) is 4.13. The highest BCUT2D eigenvalue weighted by atomic mass is 32.1. The maximum absolute atomic E-state index is 6.73. The van der Waals surface area contributed by atoms with Crippen molar-refractivity contribution >= 4 is 17.0 Å². The van der Waals surface area contributed by atoms with Crippen molar-refractivity contribution in [3.05, 3.63) is 46.2 Å². The lowest BCUT2D eigenvalue weighted by Crippen LogP contribution is -2.59. The van der Waals surface area contributed by atoms with Gasteiger partial charge in [-0.15, -0.1) is 11.3 Å². The smallest absolute Gasteiger partial charge is 0.200 e. The zero-order chi connectivity index (χ0) is 18.4. The number of para-hydroxylation sites is 1. The molecule has 0 N–H and O–H groups in total. The Morgan fingerprint density at radius 2 is 2.11 bits per heavy atom. The third kappa shape index (κ3) is 2.65. The Balaban J connectivity index is 1.59. The first-order valence-corrected chi connectivity index (χ1v) is 10.6. The van der Waals surface area contributed by atoms with Gasteiger partial charge in [-0.05, 0) is 24.1 Å². The number of likely N-dealkylation sites (tertiary alicyclic amines) is 1. The first-order chi connectivity index (χ1) is 13.2. The van der Waals surface area contributed by atoms with E-state index >= 15 is 0 Å². The van der Waals surface area contributed by atoms with Gasteiger partial charge in [0.2, 0.25) is 5.72 Å². The molecule has 4 heterocycles. The van der Waals surface area contributed by atoms with E-state index in [1.54, 1.807) is 18.4 Å². The average Bonchev–Trinajstić information content (AvgIpc) is 3.38. The van der Waals surface area contributed by atoms with Crippen molar-refractivity contribution in [3.8, 4) is 11.5 Å². The van der Waals surface area contributed by atoms with Crippen LogP contribution in [-0.2, 0) is 0 Å². The molecule has 0 amide bonds. The largest absolute Gasteiger partial charge is 0.493 e. The molecule has 0 unspecified atom stereocenters. The lowest BCUT2D eigenvalue weighted by molar-refractivity contribution is -0.150. The fraction of sp³-hybridized carbons (Fsp3) is 0.476. The number of benzene rings is 1. The van der Waals surface area contributed by atoms with Crippen LogP contribution in [0.2, 0.25) is 0 Å². The topological polar surface area (TPSA) is 37.3 Å². The zero-order valence-electron chi connectivity index (χ0n) is 15.9. The molecule has 3 aliphatic heterocycles. The van der Waals surface area contributed by atoms with Crippen LogP contribution in [0.4, 0.5) is 0 Å². The average molecular weight is 384 g/mol. The van der Waals surface area contributed by atoms with Gasteiger partial charge in [0.05, 0.1) is 23.7 Å². The van der Waals surface area contributed by atoms with Crippen LogP contribution in [0, 0.1) is 0 Å². The molecule has 5 nitrogen and oxygen atoms in total. The summed E-state index contributed by atoms with van der Waals surface area (Å²) < 4.78 is 12.4. The van der Waals surface area contributed by atoms with E-state index in [9.17, 15) is 0 Å². The van der Waals surface area contributed by atoms with Crippen molar-refractivity contribution in [2.45, 2.75) is 38.0 Å². The third-order valence-corrected chi connectivity index (χ3v) is 7.02. The molecule has 1 spiro atoms. The summed E-state index contributed by atoms with van der Waals surface area (Å²) in [6, 6.07) is 10.7. The molecule has 142 valence electrons. The SMILES string of the molecule is CCN1CCC2(CC1)Oc1c(OC)cccc1[C@@H]1CC(c3cccs3)=NN12. The number of hydrogen-bond donors (Lipinski definition) is 0. The highest BCUT2D eigenvalue weighted by molar-refractivity contribution is 7.12. The first-order valence-electron chi connectivity index (χ1n) is 9.73. The fourth-order valence-electron chi connectivity index (χ4n) is 4.57. The van der Waals surface area contributed by atoms with E-state index < -0.39 is 0 Å².